The van der Waals surface area contributed by atoms with Crippen LogP contribution in [0.2, 0.25) is 5.28 Å². The van der Waals surface area contributed by atoms with Gasteiger partial charge in [-0.1, -0.05) is 6.42 Å². The fourth-order valence-electron chi connectivity index (χ4n) is 3.65. The number of imidazole rings is 1. The summed E-state index contributed by atoms with van der Waals surface area (Å²) < 4.78 is 3.42. The standard InChI is InChI=1S/C13H15ClN4O/c1-17-9-7-15-11(14)16-10(9)18(12(17)19)8-5-13(6-8)3-2-4-13/h7-8H,2-6H2,1H3. The molecular formula is C13H15ClN4O. The molecule has 5 nitrogen and oxygen atoms in total. The summed E-state index contributed by atoms with van der Waals surface area (Å²) >= 11 is 5.87. The Kier molecular flexibility index (Phi) is 2.17. The third-order valence-electron chi connectivity index (χ3n) is 4.92. The fourth-order valence-corrected chi connectivity index (χ4v) is 3.78. The molecule has 1 spiro atoms. The van der Waals surface area contributed by atoms with Crippen LogP contribution in [0.3, 0.4) is 0 Å². The number of halogens is 1. The Morgan fingerprint density at radius 3 is 2.79 bits per heavy atom. The van der Waals surface area contributed by atoms with E-state index in [1.165, 1.54) is 19.3 Å². The average Bonchev–Trinajstić information content (AvgIpc) is 2.50. The normalized spacial score (nSPS) is 21.6. The lowest BCUT2D eigenvalue weighted by atomic mass is 9.54. The lowest BCUT2D eigenvalue weighted by Gasteiger charge is -2.54. The zero-order valence-corrected chi connectivity index (χ0v) is 11.5. The van der Waals surface area contributed by atoms with E-state index in [4.69, 9.17) is 11.6 Å². The van der Waals surface area contributed by atoms with Crippen LogP contribution in [0, 0.1) is 5.41 Å². The maximum Gasteiger partial charge on any atom is 0.330 e. The van der Waals surface area contributed by atoms with Gasteiger partial charge in [-0.2, -0.15) is 4.98 Å². The topological polar surface area (TPSA) is 52.7 Å². The van der Waals surface area contributed by atoms with Crippen LogP contribution >= 0.6 is 11.6 Å². The zero-order chi connectivity index (χ0) is 13.2. The van der Waals surface area contributed by atoms with Gasteiger partial charge in [0.05, 0.1) is 6.20 Å². The average molecular weight is 279 g/mol. The molecular weight excluding hydrogens is 264 g/mol. The lowest BCUT2D eigenvalue weighted by Crippen LogP contribution is -2.46. The van der Waals surface area contributed by atoms with E-state index >= 15 is 0 Å². The highest BCUT2D eigenvalue weighted by Gasteiger charge is 2.49. The van der Waals surface area contributed by atoms with Gasteiger partial charge >= 0.3 is 5.69 Å². The van der Waals surface area contributed by atoms with Crippen LogP contribution in [0.4, 0.5) is 0 Å². The number of nitrogens with zero attached hydrogens (tertiary/aromatic N) is 4. The molecule has 100 valence electrons. The molecule has 0 aromatic carbocycles. The Bertz CT molecular complexity index is 720. The largest absolute Gasteiger partial charge is 0.330 e. The van der Waals surface area contributed by atoms with Crippen molar-refractivity contribution in [1.29, 1.82) is 0 Å². The second kappa shape index (κ2) is 3.60. The number of hydrogen-bond acceptors (Lipinski definition) is 3. The molecule has 2 fully saturated rings. The van der Waals surface area contributed by atoms with E-state index in [2.05, 4.69) is 9.97 Å². The van der Waals surface area contributed by atoms with Gasteiger partial charge in [-0.15, -0.1) is 0 Å². The van der Waals surface area contributed by atoms with Crippen molar-refractivity contribution < 1.29 is 0 Å². The van der Waals surface area contributed by atoms with Gasteiger partial charge < -0.3 is 0 Å². The predicted molar refractivity (Wildman–Crippen MR) is 72.3 cm³/mol. The molecule has 6 heteroatoms. The van der Waals surface area contributed by atoms with Crippen LogP contribution in [-0.4, -0.2) is 19.1 Å². The third kappa shape index (κ3) is 1.45. The first-order valence-electron chi connectivity index (χ1n) is 6.69. The zero-order valence-electron chi connectivity index (χ0n) is 10.8. The summed E-state index contributed by atoms with van der Waals surface area (Å²) in [7, 11) is 1.76. The molecule has 0 unspecified atom stereocenters. The van der Waals surface area contributed by atoms with Gasteiger partial charge in [-0.25, -0.2) is 9.78 Å². The van der Waals surface area contributed by atoms with E-state index in [-0.39, 0.29) is 17.0 Å². The fraction of sp³-hybridized carbons (Fsp3) is 0.615. The lowest BCUT2D eigenvalue weighted by molar-refractivity contribution is -0.0173. The molecule has 2 aromatic rings. The number of aromatic nitrogens is 4. The molecule has 0 bridgehead atoms. The van der Waals surface area contributed by atoms with E-state index in [1.54, 1.807) is 17.8 Å². The molecule has 2 aromatic heterocycles. The van der Waals surface area contributed by atoms with Crippen molar-refractivity contribution in [3.05, 3.63) is 22.0 Å². The van der Waals surface area contributed by atoms with Gasteiger partial charge in [0, 0.05) is 13.1 Å². The first kappa shape index (κ1) is 11.5. The van der Waals surface area contributed by atoms with Gasteiger partial charge in [-0.05, 0) is 42.7 Å². The van der Waals surface area contributed by atoms with Crippen molar-refractivity contribution in [2.45, 2.75) is 38.1 Å². The molecule has 0 atom stereocenters. The summed E-state index contributed by atoms with van der Waals surface area (Å²) in [5.41, 5.74) is 1.95. The highest BCUT2D eigenvalue weighted by molar-refractivity contribution is 6.28. The van der Waals surface area contributed by atoms with Crippen molar-refractivity contribution >= 4 is 22.8 Å². The molecule has 0 aliphatic heterocycles. The molecule has 0 N–H and O–H groups in total. The molecule has 2 aliphatic carbocycles. The van der Waals surface area contributed by atoms with Gasteiger partial charge in [0.2, 0.25) is 5.28 Å². The summed E-state index contributed by atoms with van der Waals surface area (Å²) in [5.74, 6) is 0. The van der Waals surface area contributed by atoms with Crippen molar-refractivity contribution in [3.63, 3.8) is 0 Å². The summed E-state index contributed by atoms with van der Waals surface area (Å²) in [6, 6.07) is 0.280. The maximum atomic E-state index is 12.4. The van der Waals surface area contributed by atoms with E-state index in [9.17, 15) is 4.79 Å². The molecule has 0 amide bonds. The first-order valence-corrected chi connectivity index (χ1v) is 7.07. The van der Waals surface area contributed by atoms with Gasteiger partial charge in [0.1, 0.15) is 5.52 Å². The molecule has 2 aliphatic rings. The van der Waals surface area contributed by atoms with E-state index in [0.29, 0.717) is 11.1 Å². The number of fused-ring (bicyclic) bond motifs is 1. The molecule has 2 heterocycles. The smallest absolute Gasteiger partial charge is 0.292 e. The Labute approximate surface area is 115 Å². The minimum Gasteiger partial charge on any atom is -0.292 e. The number of aryl methyl sites for hydroxylation is 1. The molecule has 0 radical (unpaired) electrons. The van der Waals surface area contributed by atoms with Crippen LogP contribution in [-0.2, 0) is 7.05 Å². The van der Waals surface area contributed by atoms with E-state index in [0.717, 1.165) is 18.4 Å². The second-order valence-corrected chi connectivity index (χ2v) is 6.31. The predicted octanol–water partition coefficient (Wildman–Crippen LogP) is 2.29. The van der Waals surface area contributed by atoms with Crippen LogP contribution in [0.1, 0.15) is 38.1 Å². The highest BCUT2D eigenvalue weighted by atomic mass is 35.5. The summed E-state index contributed by atoms with van der Waals surface area (Å²) in [6.07, 6.45) is 7.81. The van der Waals surface area contributed by atoms with Crippen molar-refractivity contribution in [1.82, 2.24) is 19.1 Å². The Hall–Kier alpha value is -1.36. The van der Waals surface area contributed by atoms with Gasteiger partial charge in [-0.3, -0.25) is 9.13 Å². The molecule has 0 saturated heterocycles. The minimum absolute atomic E-state index is 0.00857. The number of hydrogen-bond donors (Lipinski definition) is 0. The van der Waals surface area contributed by atoms with Crippen molar-refractivity contribution in [3.8, 4) is 0 Å². The summed E-state index contributed by atoms with van der Waals surface area (Å²) in [6.45, 7) is 0. The SMILES string of the molecule is Cn1c(=O)n(C2CC3(CCC3)C2)c2nc(Cl)ncc21. The van der Waals surface area contributed by atoms with Crippen molar-refractivity contribution in [2.75, 3.05) is 0 Å². The van der Waals surface area contributed by atoms with E-state index < -0.39 is 0 Å². The monoisotopic (exact) mass is 278 g/mol. The molecule has 19 heavy (non-hydrogen) atoms. The Morgan fingerprint density at radius 2 is 2.16 bits per heavy atom. The quantitative estimate of drug-likeness (QED) is 0.752. The van der Waals surface area contributed by atoms with Crippen molar-refractivity contribution in [2.24, 2.45) is 12.5 Å². The molecule has 4 rings (SSSR count). The Balaban J connectivity index is 1.83. The summed E-state index contributed by atoms with van der Waals surface area (Å²) in [5, 5.41) is 0.199. The number of rotatable bonds is 1. The Morgan fingerprint density at radius 1 is 1.42 bits per heavy atom. The second-order valence-electron chi connectivity index (χ2n) is 5.98. The highest BCUT2D eigenvalue weighted by Crippen LogP contribution is 2.60. The maximum absolute atomic E-state index is 12.4. The van der Waals surface area contributed by atoms with Crippen LogP contribution < -0.4 is 5.69 Å². The van der Waals surface area contributed by atoms with Crippen LogP contribution in [0.15, 0.2) is 11.0 Å². The van der Waals surface area contributed by atoms with E-state index in [1.807, 2.05) is 4.57 Å². The van der Waals surface area contributed by atoms with Gasteiger partial charge in [0.15, 0.2) is 5.65 Å². The summed E-state index contributed by atoms with van der Waals surface area (Å²) in [4.78, 5) is 20.6. The molecule has 2 saturated carbocycles. The van der Waals surface area contributed by atoms with Crippen LogP contribution in [0.5, 0.6) is 0 Å². The third-order valence-corrected chi connectivity index (χ3v) is 5.10. The minimum atomic E-state index is -0.00857. The van der Waals surface area contributed by atoms with Crippen LogP contribution in [0.25, 0.3) is 11.2 Å². The first-order chi connectivity index (χ1) is 9.10. The van der Waals surface area contributed by atoms with Gasteiger partial charge in [0.25, 0.3) is 0 Å².